The number of carbonyl (C=O) groups is 1. The Morgan fingerprint density at radius 2 is 2.11 bits per heavy atom. The molecule has 0 aliphatic carbocycles. The smallest absolute Gasteiger partial charge is 0.347 e. The molecule has 0 aliphatic rings. The highest BCUT2D eigenvalue weighted by Gasteiger charge is 2.23. The number of aromatic nitrogens is 2. The summed E-state index contributed by atoms with van der Waals surface area (Å²) < 4.78 is 0. The van der Waals surface area contributed by atoms with Crippen LogP contribution in [0.2, 0.25) is 0 Å². The first-order valence-electron chi connectivity index (χ1n) is 6.32. The van der Waals surface area contributed by atoms with Crippen LogP contribution >= 0.6 is 11.3 Å². The summed E-state index contributed by atoms with van der Waals surface area (Å²) >= 11 is 1.21. The number of carboxylic acids is 1. The molecule has 1 N–H and O–H groups in total. The lowest BCUT2D eigenvalue weighted by molar-refractivity contribution is 0.0700. The molecule has 0 amide bonds. The number of pyridine rings is 1. The molecule has 0 saturated heterocycles. The fraction of sp³-hybridized carbons (Fsp3) is 0.357. The maximum Gasteiger partial charge on any atom is 0.347 e. The zero-order valence-corrected chi connectivity index (χ0v) is 11.8. The van der Waals surface area contributed by atoms with Crippen LogP contribution in [0.25, 0.3) is 10.7 Å². The number of hydrogen-bond acceptors (Lipinski definition) is 4. The zero-order chi connectivity index (χ0) is 13.8. The van der Waals surface area contributed by atoms with E-state index < -0.39 is 5.97 Å². The van der Waals surface area contributed by atoms with E-state index in [0.717, 1.165) is 18.5 Å². The Bertz CT molecular complexity index is 562. The van der Waals surface area contributed by atoms with Gasteiger partial charge in [0.25, 0.3) is 0 Å². The minimum Gasteiger partial charge on any atom is -0.477 e. The topological polar surface area (TPSA) is 63.1 Å². The summed E-state index contributed by atoms with van der Waals surface area (Å²) in [6.07, 6.45) is 3.47. The Labute approximate surface area is 116 Å². The summed E-state index contributed by atoms with van der Waals surface area (Å²) in [7, 11) is 0. The van der Waals surface area contributed by atoms with Gasteiger partial charge in [0.2, 0.25) is 0 Å². The molecule has 0 saturated carbocycles. The molecule has 0 bridgehead atoms. The first-order valence-corrected chi connectivity index (χ1v) is 7.14. The van der Waals surface area contributed by atoms with Crippen molar-refractivity contribution in [1.29, 1.82) is 0 Å². The third-order valence-corrected chi connectivity index (χ3v) is 4.19. The normalized spacial score (nSPS) is 10.9. The summed E-state index contributed by atoms with van der Waals surface area (Å²) in [5, 5.41) is 10.00. The number of nitrogens with zero attached hydrogens (tertiary/aromatic N) is 2. The summed E-state index contributed by atoms with van der Waals surface area (Å²) in [4.78, 5) is 20.4. The Morgan fingerprint density at radius 3 is 2.63 bits per heavy atom. The van der Waals surface area contributed by atoms with E-state index in [9.17, 15) is 9.90 Å². The van der Waals surface area contributed by atoms with Gasteiger partial charge in [-0.05, 0) is 25.0 Å². The van der Waals surface area contributed by atoms with Gasteiger partial charge in [0.05, 0.1) is 11.4 Å². The van der Waals surface area contributed by atoms with Crippen LogP contribution < -0.4 is 0 Å². The third-order valence-electron chi connectivity index (χ3n) is 3.10. The molecule has 2 heterocycles. The molecule has 19 heavy (non-hydrogen) atoms. The Morgan fingerprint density at radius 1 is 1.37 bits per heavy atom. The molecule has 0 fully saturated rings. The van der Waals surface area contributed by atoms with E-state index in [1.165, 1.54) is 11.3 Å². The average Bonchev–Trinajstić information content (AvgIpc) is 2.86. The number of aromatic carboxylic acids is 1. The van der Waals surface area contributed by atoms with E-state index in [-0.39, 0.29) is 5.92 Å². The molecule has 5 heteroatoms. The molecule has 0 spiro atoms. The van der Waals surface area contributed by atoms with Gasteiger partial charge < -0.3 is 5.11 Å². The molecule has 2 aromatic rings. The highest BCUT2D eigenvalue weighted by Crippen LogP contribution is 2.33. The van der Waals surface area contributed by atoms with Crippen LogP contribution in [-0.2, 0) is 0 Å². The molecule has 0 atom stereocenters. The van der Waals surface area contributed by atoms with Gasteiger partial charge in [-0.2, -0.15) is 0 Å². The number of rotatable bonds is 5. The average molecular weight is 276 g/mol. The van der Waals surface area contributed by atoms with Gasteiger partial charge in [-0.25, -0.2) is 9.78 Å². The van der Waals surface area contributed by atoms with E-state index >= 15 is 0 Å². The van der Waals surface area contributed by atoms with Gasteiger partial charge in [0.1, 0.15) is 9.88 Å². The Hall–Kier alpha value is -1.75. The standard InChI is InChI=1S/C14H16N2O2S/c1-3-9(4-2)11-12(14(17)18)19-13(16-11)10-7-5-6-8-15-10/h5-9H,3-4H2,1-2H3,(H,17,18). The Balaban J connectivity index is 2.49. The molecule has 0 unspecified atom stereocenters. The molecule has 100 valence electrons. The Kier molecular flexibility index (Phi) is 4.27. The lowest BCUT2D eigenvalue weighted by Crippen LogP contribution is -2.04. The van der Waals surface area contributed by atoms with Crippen LogP contribution in [0.1, 0.15) is 48.0 Å². The van der Waals surface area contributed by atoms with Crippen LogP contribution in [0.3, 0.4) is 0 Å². The van der Waals surface area contributed by atoms with Crippen LogP contribution in [0, 0.1) is 0 Å². The van der Waals surface area contributed by atoms with Crippen molar-refractivity contribution in [1.82, 2.24) is 9.97 Å². The minimum absolute atomic E-state index is 0.194. The summed E-state index contributed by atoms with van der Waals surface area (Å²) in [5.74, 6) is -0.707. The molecular formula is C14H16N2O2S. The number of thiazole rings is 1. The first-order chi connectivity index (χ1) is 9.17. The predicted molar refractivity (Wildman–Crippen MR) is 75.6 cm³/mol. The van der Waals surface area contributed by atoms with Crippen LogP contribution in [0.5, 0.6) is 0 Å². The van der Waals surface area contributed by atoms with Gasteiger partial charge in [-0.1, -0.05) is 19.9 Å². The van der Waals surface area contributed by atoms with Gasteiger partial charge in [-0.15, -0.1) is 11.3 Å². The van der Waals surface area contributed by atoms with E-state index in [2.05, 4.69) is 23.8 Å². The number of hydrogen-bond donors (Lipinski definition) is 1. The van der Waals surface area contributed by atoms with Crippen molar-refractivity contribution >= 4 is 17.3 Å². The summed E-state index contributed by atoms with van der Waals surface area (Å²) in [6, 6.07) is 5.55. The maximum absolute atomic E-state index is 11.4. The third kappa shape index (κ3) is 2.81. The zero-order valence-electron chi connectivity index (χ0n) is 11.0. The number of carboxylic acid groups (broad SMARTS) is 1. The quantitative estimate of drug-likeness (QED) is 0.902. The SMILES string of the molecule is CCC(CC)c1nc(-c2ccccn2)sc1C(=O)O. The van der Waals surface area contributed by atoms with E-state index in [1.807, 2.05) is 18.2 Å². The molecule has 0 aliphatic heterocycles. The second-order valence-corrected chi connectivity index (χ2v) is 5.27. The predicted octanol–water partition coefficient (Wildman–Crippen LogP) is 3.81. The monoisotopic (exact) mass is 276 g/mol. The highest BCUT2D eigenvalue weighted by molar-refractivity contribution is 7.17. The molecule has 2 rings (SSSR count). The second-order valence-electron chi connectivity index (χ2n) is 4.27. The fourth-order valence-electron chi connectivity index (χ4n) is 2.04. The van der Waals surface area contributed by atoms with Crippen molar-refractivity contribution in [2.45, 2.75) is 32.6 Å². The van der Waals surface area contributed by atoms with Crippen LogP contribution in [0.4, 0.5) is 0 Å². The van der Waals surface area contributed by atoms with Gasteiger partial charge in [0, 0.05) is 12.1 Å². The van der Waals surface area contributed by atoms with Crippen LogP contribution in [0.15, 0.2) is 24.4 Å². The van der Waals surface area contributed by atoms with Crippen LogP contribution in [-0.4, -0.2) is 21.0 Å². The van der Waals surface area contributed by atoms with Gasteiger partial charge in [0.15, 0.2) is 0 Å². The molecular weight excluding hydrogens is 260 g/mol. The molecule has 2 aromatic heterocycles. The van der Waals surface area contributed by atoms with E-state index in [1.54, 1.807) is 6.20 Å². The maximum atomic E-state index is 11.4. The van der Waals surface area contributed by atoms with Gasteiger partial charge in [-0.3, -0.25) is 4.98 Å². The van der Waals surface area contributed by atoms with Crippen molar-refractivity contribution in [3.05, 3.63) is 35.0 Å². The largest absolute Gasteiger partial charge is 0.477 e. The van der Waals surface area contributed by atoms with Crippen molar-refractivity contribution in [2.24, 2.45) is 0 Å². The van der Waals surface area contributed by atoms with Crippen molar-refractivity contribution in [2.75, 3.05) is 0 Å². The minimum atomic E-state index is -0.901. The summed E-state index contributed by atoms with van der Waals surface area (Å²) in [5.41, 5.74) is 1.43. The lowest BCUT2D eigenvalue weighted by atomic mass is 9.98. The molecule has 0 radical (unpaired) electrons. The summed E-state index contributed by atoms with van der Waals surface area (Å²) in [6.45, 7) is 4.11. The molecule has 4 nitrogen and oxygen atoms in total. The van der Waals surface area contributed by atoms with E-state index in [0.29, 0.717) is 15.6 Å². The lowest BCUT2D eigenvalue weighted by Gasteiger charge is -2.09. The molecule has 0 aromatic carbocycles. The first kappa shape index (κ1) is 13.7. The highest BCUT2D eigenvalue weighted by atomic mass is 32.1. The van der Waals surface area contributed by atoms with Gasteiger partial charge >= 0.3 is 5.97 Å². The van der Waals surface area contributed by atoms with E-state index in [4.69, 9.17) is 0 Å². The van der Waals surface area contributed by atoms with Crippen molar-refractivity contribution < 1.29 is 9.90 Å². The van der Waals surface area contributed by atoms with Crippen molar-refractivity contribution in [3.63, 3.8) is 0 Å². The fourth-order valence-corrected chi connectivity index (χ4v) is 3.00. The second kappa shape index (κ2) is 5.93. The van der Waals surface area contributed by atoms with Crippen molar-refractivity contribution in [3.8, 4) is 10.7 Å².